The standard InChI is InChI=1S/C20H30FN3O3S/c1-19(2,3)27-18(25)24-11-9-23(10-12-24)17-8-7-16(21)13-15(17)14-22-28(26)20(4,5)6/h7-8,13-14H,9-12H2,1-6H3/b22-14+/t28-/m0/s1. The topological polar surface area (TPSA) is 62.2 Å². The van der Waals surface area contributed by atoms with E-state index in [9.17, 15) is 13.4 Å². The Kier molecular flexibility index (Phi) is 6.85. The van der Waals surface area contributed by atoms with Crippen molar-refractivity contribution in [1.82, 2.24) is 4.90 Å². The van der Waals surface area contributed by atoms with Gasteiger partial charge in [-0.05, 0) is 59.7 Å². The zero-order valence-electron chi connectivity index (χ0n) is 17.5. The van der Waals surface area contributed by atoms with E-state index in [2.05, 4.69) is 9.30 Å². The second-order valence-electron chi connectivity index (χ2n) is 8.75. The Morgan fingerprint density at radius 2 is 1.75 bits per heavy atom. The van der Waals surface area contributed by atoms with E-state index in [-0.39, 0.29) is 11.9 Å². The van der Waals surface area contributed by atoms with Crippen LogP contribution in [0.15, 0.2) is 22.6 Å². The van der Waals surface area contributed by atoms with Crippen LogP contribution in [0.4, 0.5) is 14.9 Å². The van der Waals surface area contributed by atoms with E-state index in [1.54, 1.807) is 11.0 Å². The SMILES string of the molecule is CC(C)(C)OC(=O)N1CCN(c2ccc(F)cc2/C=N/[S@@](=O)C(C)(C)C)CC1. The van der Waals surface area contributed by atoms with Gasteiger partial charge in [-0.1, -0.05) is 0 Å². The summed E-state index contributed by atoms with van der Waals surface area (Å²) in [4.78, 5) is 16.0. The van der Waals surface area contributed by atoms with Gasteiger partial charge in [0.05, 0.1) is 4.75 Å². The number of hydrogen-bond donors (Lipinski definition) is 0. The summed E-state index contributed by atoms with van der Waals surface area (Å²) in [5, 5.41) is 0. The molecule has 1 aliphatic rings. The maximum absolute atomic E-state index is 13.8. The van der Waals surface area contributed by atoms with Crippen molar-refractivity contribution in [2.24, 2.45) is 4.40 Å². The molecule has 28 heavy (non-hydrogen) atoms. The van der Waals surface area contributed by atoms with Crippen molar-refractivity contribution < 1.29 is 18.1 Å². The molecule has 1 aliphatic heterocycles. The molecular formula is C20H30FN3O3S. The number of carbonyl (C=O) groups is 1. The molecule has 0 bridgehead atoms. The molecule has 2 rings (SSSR count). The van der Waals surface area contributed by atoms with Crippen LogP contribution in [0.5, 0.6) is 0 Å². The Labute approximate surface area is 169 Å². The number of ether oxygens (including phenoxy) is 1. The molecule has 1 aromatic carbocycles. The number of amides is 1. The minimum Gasteiger partial charge on any atom is -0.444 e. The van der Waals surface area contributed by atoms with E-state index in [4.69, 9.17) is 4.74 Å². The van der Waals surface area contributed by atoms with Crippen LogP contribution in [-0.2, 0) is 15.7 Å². The molecule has 1 fully saturated rings. The molecule has 0 aliphatic carbocycles. The van der Waals surface area contributed by atoms with E-state index >= 15 is 0 Å². The number of halogens is 1. The van der Waals surface area contributed by atoms with Crippen molar-refractivity contribution in [3.63, 3.8) is 0 Å². The zero-order valence-corrected chi connectivity index (χ0v) is 18.3. The van der Waals surface area contributed by atoms with Crippen molar-refractivity contribution in [2.75, 3.05) is 31.1 Å². The van der Waals surface area contributed by atoms with E-state index in [1.165, 1.54) is 18.3 Å². The molecule has 156 valence electrons. The molecule has 8 heteroatoms. The predicted octanol–water partition coefficient (Wildman–Crippen LogP) is 3.76. The molecule has 6 nitrogen and oxygen atoms in total. The first-order valence-electron chi connectivity index (χ1n) is 9.35. The smallest absolute Gasteiger partial charge is 0.410 e. The molecule has 1 aromatic rings. The third-order valence-corrected chi connectivity index (χ3v) is 5.42. The molecule has 0 unspecified atom stereocenters. The zero-order chi connectivity index (χ0) is 21.1. The van der Waals surface area contributed by atoms with Crippen LogP contribution in [0, 0.1) is 5.82 Å². The lowest BCUT2D eigenvalue weighted by Crippen LogP contribution is -2.50. The first-order chi connectivity index (χ1) is 12.9. The van der Waals surface area contributed by atoms with Crippen LogP contribution in [0.1, 0.15) is 47.1 Å². The van der Waals surface area contributed by atoms with Crippen LogP contribution in [0.25, 0.3) is 0 Å². The molecule has 1 saturated heterocycles. The highest BCUT2D eigenvalue weighted by Crippen LogP contribution is 2.23. The largest absolute Gasteiger partial charge is 0.444 e. The molecule has 0 saturated carbocycles. The maximum Gasteiger partial charge on any atom is 0.410 e. The first kappa shape index (κ1) is 22.3. The average molecular weight is 412 g/mol. The van der Waals surface area contributed by atoms with Crippen LogP contribution in [-0.4, -0.2) is 57.9 Å². The fourth-order valence-corrected chi connectivity index (χ4v) is 3.16. The van der Waals surface area contributed by atoms with Gasteiger partial charge in [0.1, 0.15) is 22.4 Å². The minimum atomic E-state index is -1.42. The molecule has 1 heterocycles. The van der Waals surface area contributed by atoms with Gasteiger partial charge in [-0.2, -0.15) is 4.40 Å². The van der Waals surface area contributed by atoms with E-state index < -0.39 is 21.3 Å². The summed E-state index contributed by atoms with van der Waals surface area (Å²) in [5.74, 6) is -0.376. The lowest BCUT2D eigenvalue weighted by Gasteiger charge is -2.37. The van der Waals surface area contributed by atoms with Gasteiger partial charge in [-0.3, -0.25) is 0 Å². The molecule has 0 N–H and O–H groups in total. The van der Waals surface area contributed by atoms with Crippen molar-refractivity contribution in [1.29, 1.82) is 0 Å². The fraction of sp³-hybridized carbons (Fsp3) is 0.600. The number of anilines is 1. The van der Waals surface area contributed by atoms with Crippen LogP contribution >= 0.6 is 0 Å². The summed E-state index contributed by atoms with van der Waals surface area (Å²) in [5.41, 5.74) is 0.848. The van der Waals surface area contributed by atoms with Crippen molar-refractivity contribution in [3.8, 4) is 0 Å². The second kappa shape index (κ2) is 8.59. The monoisotopic (exact) mass is 411 g/mol. The summed E-state index contributed by atoms with van der Waals surface area (Å²) < 4.78 is 35.0. The molecule has 1 amide bonds. The normalized spacial score (nSPS) is 17.1. The Morgan fingerprint density at radius 1 is 1.14 bits per heavy atom. The number of nitrogens with zero attached hydrogens (tertiary/aromatic N) is 3. The lowest BCUT2D eigenvalue weighted by molar-refractivity contribution is 0.0240. The van der Waals surface area contributed by atoms with E-state index in [0.29, 0.717) is 31.7 Å². The van der Waals surface area contributed by atoms with Crippen LogP contribution in [0.3, 0.4) is 0 Å². The third-order valence-electron chi connectivity index (χ3n) is 4.07. The number of hydrogen-bond acceptors (Lipinski definition) is 4. The maximum atomic E-state index is 13.8. The Hall–Kier alpha value is -1.96. The van der Waals surface area contributed by atoms with Gasteiger partial charge in [-0.15, -0.1) is 0 Å². The Morgan fingerprint density at radius 3 is 2.29 bits per heavy atom. The number of rotatable bonds is 3. The number of carbonyl (C=O) groups excluding carboxylic acids is 1. The van der Waals surface area contributed by atoms with Gasteiger partial charge >= 0.3 is 6.09 Å². The summed E-state index contributed by atoms with van der Waals surface area (Å²) in [6, 6.07) is 4.48. The molecule has 1 atom stereocenters. The van der Waals surface area contributed by atoms with Crippen LogP contribution in [0.2, 0.25) is 0 Å². The van der Waals surface area contributed by atoms with Gasteiger partial charge in [0.2, 0.25) is 0 Å². The summed E-state index contributed by atoms with van der Waals surface area (Å²) in [6.45, 7) is 13.2. The number of benzene rings is 1. The highest BCUT2D eigenvalue weighted by molar-refractivity contribution is 7.85. The van der Waals surface area contributed by atoms with E-state index in [1.807, 2.05) is 41.5 Å². The molecular weight excluding hydrogens is 381 g/mol. The summed E-state index contributed by atoms with van der Waals surface area (Å²) in [6.07, 6.45) is 1.15. The van der Waals surface area contributed by atoms with Gasteiger partial charge in [0.15, 0.2) is 0 Å². The first-order valence-corrected chi connectivity index (χ1v) is 10.5. The van der Waals surface area contributed by atoms with Gasteiger partial charge < -0.3 is 14.5 Å². The van der Waals surface area contributed by atoms with Gasteiger partial charge in [0.25, 0.3) is 0 Å². The second-order valence-corrected chi connectivity index (χ2v) is 10.7. The highest BCUT2D eigenvalue weighted by Gasteiger charge is 2.26. The quantitative estimate of drug-likeness (QED) is 0.711. The summed E-state index contributed by atoms with van der Waals surface area (Å²) >= 11 is 0. The van der Waals surface area contributed by atoms with Crippen molar-refractivity contribution in [2.45, 2.75) is 51.9 Å². The lowest BCUT2D eigenvalue weighted by atomic mass is 10.1. The van der Waals surface area contributed by atoms with E-state index in [0.717, 1.165) is 5.69 Å². The minimum absolute atomic E-state index is 0.325. The third kappa shape index (κ3) is 6.29. The van der Waals surface area contributed by atoms with Crippen molar-refractivity contribution >= 4 is 29.0 Å². The molecule has 0 aromatic heterocycles. The predicted molar refractivity (Wildman–Crippen MR) is 112 cm³/mol. The number of piperazine rings is 1. The Balaban J connectivity index is 2.12. The highest BCUT2D eigenvalue weighted by atomic mass is 32.2. The fourth-order valence-electron chi connectivity index (χ4n) is 2.64. The molecule has 0 spiro atoms. The van der Waals surface area contributed by atoms with Crippen molar-refractivity contribution in [3.05, 3.63) is 29.6 Å². The van der Waals surface area contributed by atoms with Gasteiger partial charge in [-0.25, -0.2) is 13.4 Å². The van der Waals surface area contributed by atoms with Gasteiger partial charge in [0, 0.05) is 43.6 Å². The average Bonchev–Trinajstić information content (AvgIpc) is 2.57. The van der Waals surface area contributed by atoms with Crippen LogP contribution < -0.4 is 4.90 Å². The summed E-state index contributed by atoms with van der Waals surface area (Å²) in [7, 11) is -1.42. The Bertz CT molecular complexity index is 761. The molecule has 0 radical (unpaired) electrons.